The number of carbonyl (C=O) groups excluding carboxylic acids is 1. The molecule has 0 heterocycles. The number of carbonyl (C=O) groups is 1. The van der Waals surface area contributed by atoms with E-state index in [1.807, 2.05) is 20.9 Å². The Balaban J connectivity index is 3.01. The average molecular weight is 233 g/mol. The van der Waals surface area contributed by atoms with Gasteiger partial charge < -0.3 is 5.32 Å². The molecule has 0 saturated carbocycles. The minimum Gasteiger partial charge on any atom is -0.308 e. The molecular weight excluding hydrogens is 210 g/mol. The molecule has 1 rings (SSSR count). The summed E-state index contributed by atoms with van der Waals surface area (Å²) in [5.74, 6) is 0.232. The zero-order chi connectivity index (χ0) is 13.2. The molecule has 0 bridgehead atoms. The van der Waals surface area contributed by atoms with Crippen LogP contribution >= 0.6 is 0 Å². The lowest BCUT2D eigenvalue weighted by Gasteiger charge is -2.23. The van der Waals surface area contributed by atoms with E-state index in [0.717, 1.165) is 0 Å². The van der Waals surface area contributed by atoms with Crippen molar-refractivity contribution in [3.63, 3.8) is 0 Å². The highest BCUT2D eigenvalue weighted by Gasteiger charge is 2.25. The molecule has 0 aromatic heterocycles. The van der Waals surface area contributed by atoms with Crippen molar-refractivity contribution in [1.82, 2.24) is 5.32 Å². The molecule has 2 heteroatoms. The summed E-state index contributed by atoms with van der Waals surface area (Å²) in [6.45, 7) is 10.1. The van der Waals surface area contributed by atoms with Crippen LogP contribution in [0.25, 0.3) is 0 Å². The Bertz CT molecular complexity index is 410. The molecule has 0 fully saturated rings. The maximum absolute atomic E-state index is 12.2. The quantitative estimate of drug-likeness (QED) is 0.866. The van der Waals surface area contributed by atoms with Gasteiger partial charge in [0.15, 0.2) is 5.78 Å². The first-order valence-corrected chi connectivity index (χ1v) is 6.07. The first kappa shape index (κ1) is 13.9. The van der Waals surface area contributed by atoms with Crippen molar-refractivity contribution in [2.24, 2.45) is 0 Å². The Morgan fingerprint density at radius 3 is 2.06 bits per heavy atom. The molecule has 17 heavy (non-hydrogen) atoms. The second kappa shape index (κ2) is 5.01. The highest BCUT2D eigenvalue weighted by molar-refractivity contribution is 5.89. The lowest BCUT2D eigenvalue weighted by molar-refractivity contribution is -0.123. The summed E-state index contributed by atoms with van der Waals surface area (Å²) in [6.07, 6.45) is 0.506. The number of hydrogen-bond acceptors (Lipinski definition) is 2. The summed E-state index contributed by atoms with van der Waals surface area (Å²) in [5.41, 5.74) is 4.39. The van der Waals surface area contributed by atoms with E-state index >= 15 is 0 Å². The number of hydrogen-bond donors (Lipinski definition) is 1. The third kappa shape index (κ3) is 3.16. The molecule has 0 aliphatic rings. The van der Waals surface area contributed by atoms with E-state index in [-0.39, 0.29) is 5.78 Å². The molecule has 1 aromatic carbocycles. The molecule has 0 aliphatic carbocycles. The Labute approximate surface area is 104 Å². The van der Waals surface area contributed by atoms with E-state index in [2.05, 4.69) is 38.2 Å². The SMILES string of the molecule is CNC(C)(C)C(=O)Cc1c(C)cc(C)cc1C. The van der Waals surface area contributed by atoms with Crippen molar-refractivity contribution < 1.29 is 4.79 Å². The maximum atomic E-state index is 12.2. The average Bonchev–Trinajstić information content (AvgIpc) is 2.22. The van der Waals surface area contributed by atoms with E-state index in [4.69, 9.17) is 0 Å². The van der Waals surface area contributed by atoms with Gasteiger partial charge in [0.1, 0.15) is 0 Å². The van der Waals surface area contributed by atoms with Gasteiger partial charge in [-0.2, -0.15) is 0 Å². The minimum absolute atomic E-state index is 0.232. The molecule has 0 unspecified atom stereocenters. The highest BCUT2D eigenvalue weighted by Crippen LogP contribution is 2.19. The fraction of sp³-hybridized carbons (Fsp3) is 0.533. The van der Waals surface area contributed by atoms with Gasteiger partial charge in [-0.25, -0.2) is 0 Å². The highest BCUT2D eigenvalue weighted by atomic mass is 16.1. The van der Waals surface area contributed by atoms with Crippen LogP contribution in [0.2, 0.25) is 0 Å². The van der Waals surface area contributed by atoms with Crippen LogP contribution in [0.3, 0.4) is 0 Å². The smallest absolute Gasteiger partial charge is 0.156 e. The second-order valence-electron chi connectivity index (χ2n) is 5.35. The first-order chi connectivity index (χ1) is 7.77. The lowest BCUT2D eigenvalue weighted by atomic mass is 9.89. The van der Waals surface area contributed by atoms with Gasteiger partial charge in [0.2, 0.25) is 0 Å². The topological polar surface area (TPSA) is 29.1 Å². The zero-order valence-corrected chi connectivity index (χ0v) is 11.8. The van der Waals surface area contributed by atoms with Crippen molar-refractivity contribution in [3.05, 3.63) is 34.4 Å². The normalized spacial score (nSPS) is 11.6. The number of rotatable bonds is 4. The number of ketones is 1. The van der Waals surface area contributed by atoms with Crippen LogP contribution in [0.15, 0.2) is 12.1 Å². The van der Waals surface area contributed by atoms with E-state index in [0.29, 0.717) is 6.42 Å². The standard InChI is InChI=1S/C15H23NO/c1-10-7-11(2)13(12(3)8-10)9-14(17)15(4,5)16-6/h7-8,16H,9H2,1-6H3. The molecule has 0 spiro atoms. The summed E-state index contributed by atoms with van der Waals surface area (Å²) >= 11 is 0. The van der Waals surface area contributed by atoms with E-state index < -0.39 is 5.54 Å². The van der Waals surface area contributed by atoms with Crippen molar-refractivity contribution in [1.29, 1.82) is 0 Å². The van der Waals surface area contributed by atoms with Crippen LogP contribution in [0.4, 0.5) is 0 Å². The van der Waals surface area contributed by atoms with Gasteiger partial charge >= 0.3 is 0 Å². The van der Waals surface area contributed by atoms with Gasteiger partial charge in [-0.05, 0) is 58.4 Å². The molecule has 0 aliphatic heterocycles. The summed E-state index contributed by atoms with van der Waals surface area (Å²) in [4.78, 5) is 12.2. The second-order valence-corrected chi connectivity index (χ2v) is 5.35. The third-order valence-corrected chi connectivity index (χ3v) is 3.50. The third-order valence-electron chi connectivity index (χ3n) is 3.50. The molecule has 0 saturated heterocycles. The fourth-order valence-corrected chi connectivity index (χ4v) is 2.01. The van der Waals surface area contributed by atoms with Crippen molar-refractivity contribution in [2.75, 3.05) is 7.05 Å². The molecule has 2 nitrogen and oxygen atoms in total. The van der Waals surface area contributed by atoms with Crippen LogP contribution < -0.4 is 5.32 Å². The van der Waals surface area contributed by atoms with Crippen molar-refractivity contribution in [3.8, 4) is 0 Å². The Hall–Kier alpha value is -1.15. The number of nitrogens with one attached hydrogen (secondary N) is 1. The Morgan fingerprint density at radius 2 is 1.65 bits per heavy atom. The molecular formula is C15H23NO. The van der Waals surface area contributed by atoms with Crippen molar-refractivity contribution in [2.45, 2.75) is 46.6 Å². The molecule has 0 amide bonds. The van der Waals surface area contributed by atoms with Crippen LogP contribution in [-0.4, -0.2) is 18.4 Å². The van der Waals surface area contributed by atoms with Crippen LogP contribution in [0.5, 0.6) is 0 Å². The van der Waals surface area contributed by atoms with E-state index in [9.17, 15) is 4.79 Å². The van der Waals surface area contributed by atoms with Crippen LogP contribution in [0.1, 0.15) is 36.1 Å². The van der Waals surface area contributed by atoms with Gasteiger partial charge in [0, 0.05) is 6.42 Å². The molecule has 94 valence electrons. The summed E-state index contributed by atoms with van der Waals surface area (Å²) in [5, 5.41) is 3.06. The predicted octanol–water partition coefficient (Wildman–Crippen LogP) is 2.72. The first-order valence-electron chi connectivity index (χ1n) is 6.07. The number of likely N-dealkylation sites (N-methyl/N-ethyl adjacent to an activating group) is 1. The van der Waals surface area contributed by atoms with E-state index in [1.165, 1.54) is 22.3 Å². The monoisotopic (exact) mass is 233 g/mol. The predicted molar refractivity (Wildman–Crippen MR) is 72.5 cm³/mol. The molecule has 0 atom stereocenters. The summed E-state index contributed by atoms with van der Waals surface area (Å²) < 4.78 is 0. The number of Topliss-reactive ketones (excluding diaryl/α,β-unsaturated/α-hetero) is 1. The number of aryl methyl sites for hydroxylation is 3. The summed E-state index contributed by atoms with van der Waals surface area (Å²) in [7, 11) is 1.83. The molecule has 0 radical (unpaired) electrons. The van der Waals surface area contributed by atoms with Gasteiger partial charge in [0.05, 0.1) is 5.54 Å². The Morgan fingerprint density at radius 1 is 1.18 bits per heavy atom. The van der Waals surface area contributed by atoms with Gasteiger partial charge in [0.25, 0.3) is 0 Å². The van der Waals surface area contributed by atoms with Gasteiger partial charge in [-0.1, -0.05) is 17.7 Å². The minimum atomic E-state index is -0.455. The van der Waals surface area contributed by atoms with Gasteiger partial charge in [-0.3, -0.25) is 4.79 Å². The molecule has 1 aromatic rings. The number of benzene rings is 1. The fourth-order valence-electron chi connectivity index (χ4n) is 2.01. The Kier molecular flexibility index (Phi) is 4.10. The van der Waals surface area contributed by atoms with Gasteiger partial charge in [-0.15, -0.1) is 0 Å². The maximum Gasteiger partial charge on any atom is 0.156 e. The lowest BCUT2D eigenvalue weighted by Crippen LogP contribution is -2.45. The van der Waals surface area contributed by atoms with Crippen LogP contribution in [0, 0.1) is 20.8 Å². The summed E-state index contributed by atoms with van der Waals surface area (Å²) in [6, 6.07) is 4.28. The largest absolute Gasteiger partial charge is 0.308 e. The van der Waals surface area contributed by atoms with Crippen molar-refractivity contribution >= 4 is 5.78 Å². The molecule has 1 N–H and O–H groups in total. The van der Waals surface area contributed by atoms with Crippen LogP contribution in [-0.2, 0) is 11.2 Å². The van der Waals surface area contributed by atoms with E-state index in [1.54, 1.807) is 0 Å². The zero-order valence-electron chi connectivity index (χ0n) is 11.8.